The minimum Gasteiger partial charge on any atom is -0.342 e. The summed E-state index contributed by atoms with van der Waals surface area (Å²) in [6.07, 6.45) is 7.34. The van der Waals surface area contributed by atoms with Crippen LogP contribution in [-0.4, -0.2) is 9.97 Å². The first kappa shape index (κ1) is 12.7. The summed E-state index contributed by atoms with van der Waals surface area (Å²) in [5.41, 5.74) is 3.64. The molecule has 6 rings (SSSR count). The van der Waals surface area contributed by atoms with Crippen LogP contribution in [0.4, 0.5) is 0 Å². The van der Waals surface area contributed by atoms with Crippen LogP contribution in [-0.2, 0) is 0 Å². The lowest BCUT2D eigenvalue weighted by atomic mass is 9.52. The molecule has 0 aliphatic heterocycles. The van der Waals surface area contributed by atoms with Crippen LogP contribution in [0, 0.1) is 30.6 Å². The Kier molecular flexibility index (Phi) is 2.62. The number of imidazole rings is 1. The molecule has 1 N–H and O–H groups in total. The molecule has 4 aliphatic rings. The van der Waals surface area contributed by atoms with Crippen LogP contribution >= 0.6 is 15.9 Å². The first-order valence-electron chi connectivity index (χ1n) is 8.33. The Bertz CT molecular complexity index is 689. The molecular formula is C18H21BrN2. The maximum atomic E-state index is 5.02. The number of halogens is 1. The number of aromatic nitrogens is 2. The lowest BCUT2D eigenvalue weighted by Gasteiger charge is -2.53. The lowest BCUT2D eigenvalue weighted by Crippen LogP contribution is -2.44. The molecule has 4 aliphatic carbocycles. The number of nitrogens with one attached hydrogen (secondary N) is 1. The molecule has 0 amide bonds. The van der Waals surface area contributed by atoms with Crippen molar-refractivity contribution in [3.63, 3.8) is 0 Å². The number of benzene rings is 1. The monoisotopic (exact) mass is 344 g/mol. The molecule has 0 radical (unpaired) electrons. The van der Waals surface area contributed by atoms with Crippen LogP contribution in [0.1, 0.15) is 49.4 Å². The second kappa shape index (κ2) is 4.34. The summed E-state index contributed by atoms with van der Waals surface area (Å²) in [5.74, 6) is 5.83. The van der Waals surface area contributed by atoms with Gasteiger partial charge in [0.05, 0.1) is 11.0 Å². The average molecular weight is 345 g/mol. The number of aryl methyl sites for hydroxylation is 1. The molecule has 21 heavy (non-hydrogen) atoms. The van der Waals surface area contributed by atoms with E-state index in [2.05, 4.69) is 40.0 Å². The Morgan fingerprint density at radius 3 is 2.38 bits per heavy atom. The van der Waals surface area contributed by atoms with Gasteiger partial charge in [0.2, 0.25) is 0 Å². The summed E-state index contributed by atoms with van der Waals surface area (Å²) >= 11 is 3.60. The van der Waals surface area contributed by atoms with E-state index in [0.717, 1.165) is 28.1 Å². The van der Waals surface area contributed by atoms with Crippen LogP contribution in [0.25, 0.3) is 11.0 Å². The van der Waals surface area contributed by atoms with Crippen molar-refractivity contribution < 1.29 is 0 Å². The molecule has 110 valence electrons. The number of nitrogens with zero attached hydrogens (tertiary/aromatic N) is 1. The van der Waals surface area contributed by atoms with E-state index in [1.165, 1.54) is 54.5 Å². The summed E-state index contributed by atoms with van der Waals surface area (Å²) in [5, 5.41) is 0. The highest BCUT2D eigenvalue weighted by Gasteiger charge is 2.49. The Morgan fingerprint density at radius 2 is 1.71 bits per heavy atom. The minimum absolute atomic E-state index is 0.698. The Balaban J connectivity index is 1.60. The Morgan fingerprint density at radius 1 is 1.05 bits per heavy atom. The number of aromatic amines is 1. The van der Waals surface area contributed by atoms with Gasteiger partial charge in [-0.2, -0.15) is 0 Å². The van der Waals surface area contributed by atoms with Gasteiger partial charge in [-0.15, -0.1) is 0 Å². The zero-order chi connectivity index (χ0) is 14.1. The van der Waals surface area contributed by atoms with E-state index < -0.39 is 0 Å². The predicted molar refractivity (Wildman–Crippen MR) is 88.3 cm³/mol. The highest BCUT2D eigenvalue weighted by atomic mass is 79.9. The smallest absolute Gasteiger partial charge is 0.110 e. The summed E-state index contributed by atoms with van der Waals surface area (Å²) in [4.78, 5) is 8.69. The van der Waals surface area contributed by atoms with Gasteiger partial charge in [0.1, 0.15) is 5.82 Å². The second-order valence-electron chi connectivity index (χ2n) is 7.70. The SMILES string of the molecule is Cc1cc(Br)cc2[nH]c(C3C4CC5CC(C4)CC3C5)nc12. The quantitative estimate of drug-likeness (QED) is 0.759. The second-order valence-corrected chi connectivity index (χ2v) is 8.61. The summed E-state index contributed by atoms with van der Waals surface area (Å²) < 4.78 is 1.15. The fourth-order valence-electron chi connectivity index (χ4n) is 5.80. The molecule has 3 heteroatoms. The van der Waals surface area contributed by atoms with E-state index in [1.54, 1.807) is 0 Å². The van der Waals surface area contributed by atoms with Crippen LogP contribution in [0.15, 0.2) is 16.6 Å². The molecule has 0 saturated heterocycles. The first-order chi connectivity index (χ1) is 10.2. The van der Waals surface area contributed by atoms with Gasteiger partial charge in [-0.3, -0.25) is 0 Å². The standard InChI is InChI=1S/C18H21BrN2/c1-9-2-14(19)8-15-17(9)21-18(20-15)16-12-4-10-3-11(6-12)7-13(16)5-10/h2,8,10-13,16H,3-7H2,1H3,(H,20,21). The van der Waals surface area contributed by atoms with Gasteiger partial charge in [0, 0.05) is 10.4 Å². The maximum absolute atomic E-state index is 5.02. The molecule has 1 aromatic carbocycles. The van der Waals surface area contributed by atoms with E-state index in [-0.39, 0.29) is 0 Å². The fourth-order valence-corrected chi connectivity index (χ4v) is 6.37. The number of rotatable bonds is 1. The van der Waals surface area contributed by atoms with Gasteiger partial charge in [-0.25, -0.2) is 4.98 Å². The van der Waals surface area contributed by atoms with E-state index in [0.29, 0.717) is 5.92 Å². The van der Waals surface area contributed by atoms with Crippen molar-refractivity contribution >= 4 is 27.0 Å². The molecule has 0 atom stereocenters. The lowest BCUT2D eigenvalue weighted by molar-refractivity contribution is -0.00528. The average Bonchev–Trinajstić information content (AvgIpc) is 2.81. The molecule has 0 unspecified atom stereocenters. The molecule has 4 bridgehead atoms. The highest BCUT2D eigenvalue weighted by molar-refractivity contribution is 9.10. The van der Waals surface area contributed by atoms with Crippen molar-refractivity contribution in [1.82, 2.24) is 9.97 Å². The van der Waals surface area contributed by atoms with Gasteiger partial charge >= 0.3 is 0 Å². The molecule has 4 saturated carbocycles. The van der Waals surface area contributed by atoms with E-state index in [9.17, 15) is 0 Å². The van der Waals surface area contributed by atoms with Crippen molar-refractivity contribution in [3.05, 3.63) is 28.0 Å². The van der Waals surface area contributed by atoms with Gasteiger partial charge in [-0.1, -0.05) is 15.9 Å². The fraction of sp³-hybridized carbons (Fsp3) is 0.611. The van der Waals surface area contributed by atoms with Gasteiger partial charge < -0.3 is 4.98 Å². The highest BCUT2D eigenvalue weighted by Crippen LogP contribution is 2.59. The number of hydrogen-bond donors (Lipinski definition) is 1. The van der Waals surface area contributed by atoms with Crippen LogP contribution in [0.2, 0.25) is 0 Å². The third kappa shape index (κ3) is 1.86. The summed E-state index contributed by atoms with van der Waals surface area (Å²) in [6, 6.07) is 4.35. The molecule has 2 aromatic rings. The van der Waals surface area contributed by atoms with Crippen LogP contribution < -0.4 is 0 Å². The Hall–Kier alpha value is -0.830. The molecular weight excluding hydrogens is 324 g/mol. The van der Waals surface area contributed by atoms with Gasteiger partial charge in [0.15, 0.2) is 0 Å². The minimum atomic E-state index is 0.698. The Labute approximate surface area is 133 Å². The zero-order valence-corrected chi connectivity index (χ0v) is 14.0. The van der Waals surface area contributed by atoms with Crippen LogP contribution in [0.5, 0.6) is 0 Å². The number of H-pyrrole nitrogens is 1. The van der Waals surface area contributed by atoms with E-state index in [4.69, 9.17) is 4.98 Å². The summed E-state index contributed by atoms with van der Waals surface area (Å²) in [6.45, 7) is 2.16. The van der Waals surface area contributed by atoms with E-state index in [1.807, 2.05) is 0 Å². The van der Waals surface area contributed by atoms with Crippen molar-refractivity contribution in [2.24, 2.45) is 23.7 Å². The number of fused-ring (bicyclic) bond motifs is 1. The third-order valence-electron chi connectivity index (χ3n) is 6.30. The number of hydrogen-bond acceptors (Lipinski definition) is 1. The largest absolute Gasteiger partial charge is 0.342 e. The van der Waals surface area contributed by atoms with Crippen molar-refractivity contribution in [1.29, 1.82) is 0 Å². The van der Waals surface area contributed by atoms with Crippen molar-refractivity contribution in [3.8, 4) is 0 Å². The zero-order valence-electron chi connectivity index (χ0n) is 12.4. The van der Waals surface area contributed by atoms with Crippen molar-refractivity contribution in [2.75, 3.05) is 0 Å². The van der Waals surface area contributed by atoms with Gasteiger partial charge in [-0.05, 0) is 80.4 Å². The topological polar surface area (TPSA) is 28.7 Å². The normalized spacial score (nSPS) is 37.5. The molecule has 0 spiro atoms. The maximum Gasteiger partial charge on any atom is 0.110 e. The molecule has 2 nitrogen and oxygen atoms in total. The van der Waals surface area contributed by atoms with Crippen molar-refractivity contribution in [2.45, 2.75) is 44.9 Å². The molecule has 4 fully saturated rings. The predicted octanol–water partition coefficient (Wildman–Crippen LogP) is 5.17. The molecule has 1 heterocycles. The van der Waals surface area contributed by atoms with Gasteiger partial charge in [0.25, 0.3) is 0 Å². The van der Waals surface area contributed by atoms with Crippen LogP contribution in [0.3, 0.4) is 0 Å². The molecule has 1 aromatic heterocycles. The third-order valence-corrected chi connectivity index (χ3v) is 6.76. The van der Waals surface area contributed by atoms with E-state index >= 15 is 0 Å². The summed E-state index contributed by atoms with van der Waals surface area (Å²) in [7, 11) is 0. The first-order valence-corrected chi connectivity index (χ1v) is 9.12.